The number of aromatic nitrogens is 1. The summed E-state index contributed by atoms with van der Waals surface area (Å²) in [5.41, 5.74) is 0.947. The van der Waals surface area contributed by atoms with Gasteiger partial charge in [0.2, 0.25) is 0 Å². The fourth-order valence-electron chi connectivity index (χ4n) is 2.30. The van der Waals surface area contributed by atoms with E-state index in [2.05, 4.69) is 10.3 Å². The van der Waals surface area contributed by atoms with Crippen molar-refractivity contribution in [3.8, 4) is 5.75 Å². The molecule has 1 aliphatic rings. The van der Waals surface area contributed by atoms with Crippen LogP contribution in [0.4, 0.5) is 5.69 Å². The number of benzene rings is 1. The highest BCUT2D eigenvalue weighted by atomic mass is 16.7. The molecule has 1 atom stereocenters. The first-order chi connectivity index (χ1) is 10.6. The molecular formula is C16H14N2O4. The number of rotatable bonds is 3. The fourth-order valence-corrected chi connectivity index (χ4v) is 2.30. The SMILES string of the molecule is COC1(C(=O)Nc2cccnc2)CC(=O)c2ccccc2O1. The number of para-hydroxylation sites is 1. The van der Waals surface area contributed by atoms with Crippen LogP contribution in [0.2, 0.25) is 0 Å². The van der Waals surface area contributed by atoms with Crippen LogP contribution in [0, 0.1) is 0 Å². The highest BCUT2D eigenvalue weighted by Crippen LogP contribution is 2.34. The van der Waals surface area contributed by atoms with Crippen LogP contribution in [0.3, 0.4) is 0 Å². The number of pyridine rings is 1. The van der Waals surface area contributed by atoms with Crippen LogP contribution in [0.5, 0.6) is 5.75 Å². The quantitative estimate of drug-likeness (QED) is 0.938. The van der Waals surface area contributed by atoms with Crippen LogP contribution in [0.15, 0.2) is 48.8 Å². The Balaban J connectivity index is 1.90. The van der Waals surface area contributed by atoms with Gasteiger partial charge in [-0.25, -0.2) is 0 Å². The van der Waals surface area contributed by atoms with Crippen molar-refractivity contribution in [2.24, 2.45) is 0 Å². The molecule has 0 radical (unpaired) electrons. The van der Waals surface area contributed by atoms with Crippen LogP contribution < -0.4 is 10.1 Å². The minimum atomic E-state index is -1.68. The molecule has 0 aliphatic carbocycles. The van der Waals surface area contributed by atoms with Crippen molar-refractivity contribution in [1.82, 2.24) is 4.98 Å². The Morgan fingerprint density at radius 3 is 2.86 bits per heavy atom. The topological polar surface area (TPSA) is 77.5 Å². The van der Waals surface area contributed by atoms with Gasteiger partial charge < -0.3 is 14.8 Å². The molecule has 112 valence electrons. The molecule has 6 heteroatoms. The number of nitrogens with zero attached hydrogens (tertiary/aromatic N) is 1. The van der Waals surface area contributed by atoms with E-state index < -0.39 is 11.7 Å². The van der Waals surface area contributed by atoms with Crippen molar-refractivity contribution >= 4 is 17.4 Å². The molecule has 0 saturated heterocycles. The third-order valence-corrected chi connectivity index (χ3v) is 3.45. The molecule has 1 unspecified atom stereocenters. The molecule has 1 aromatic carbocycles. The number of ketones is 1. The zero-order valence-electron chi connectivity index (χ0n) is 11.9. The summed E-state index contributed by atoms with van der Waals surface area (Å²) in [5.74, 6) is -2.10. The smallest absolute Gasteiger partial charge is 0.298 e. The average Bonchev–Trinajstić information content (AvgIpc) is 2.55. The lowest BCUT2D eigenvalue weighted by Gasteiger charge is -2.34. The number of carbonyl (C=O) groups is 2. The zero-order valence-corrected chi connectivity index (χ0v) is 11.9. The Kier molecular flexibility index (Phi) is 3.60. The molecule has 0 bridgehead atoms. The molecule has 1 aromatic heterocycles. The van der Waals surface area contributed by atoms with E-state index >= 15 is 0 Å². The lowest BCUT2D eigenvalue weighted by atomic mass is 9.97. The van der Waals surface area contributed by atoms with E-state index in [0.717, 1.165) is 0 Å². The molecule has 0 spiro atoms. The van der Waals surface area contributed by atoms with Gasteiger partial charge in [0.15, 0.2) is 5.78 Å². The third-order valence-electron chi connectivity index (χ3n) is 3.45. The molecule has 2 heterocycles. The molecule has 0 fully saturated rings. The van der Waals surface area contributed by atoms with E-state index in [1.54, 1.807) is 42.6 Å². The molecular weight excluding hydrogens is 284 g/mol. The minimum Gasteiger partial charge on any atom is -0.452 e. The summed E-state index contributed by atoms with van der Waals surface area (Å²) in [6, 6.07) is 10.2. The van der Waals surface area contributed by atoms with Crippen molar-refractivity contribution in [1.29, 1.82) is 0 Å². The van der Waals surface area contributed by atoms with Crippen LogP contribution in [-0.2, 0) is 9.53 Å². The number of carbonyl (C=O) groups excluding carboxylic acids is 2. The van der Waals surface area contributed by atoms with Crippen LogP contribution in [0.1, 0.15) is 16.8 Å². The van der Waals surface area contributed by atoms with E-state index in [0.29, 0.717) is 17.0 Å². The van der Waals surface area contributed by atoms with Gasteiger partial charge in [-0.3, -0.25) is 14.6 Å². The maximum atomic E-state index is 12.5. The van der Waals surface area contributed by atoms with Gasteiger partial charge in [0, 0.05) is 13.3 Å². The highest BCUT2D eigenvalue weighted by Gasteiger charge is 2.47. The first kappa shape index (κ1) is 14.2. The van der Waals surface area contributed by atoms with Crippen molar-refractivity contribution in [2.75, 3.05) is 12.4 Å². The van der Waals surface area contributed by atoms with E-state index in [-0.39, 0.29) is 12.2 Å². The number of ether oxygens (including phenoxy) is 2. The number of Topliss-reactive ketones (excluding diaryl/α,β-unsaturated/α-hetero) is 1. The average molecular weight is 298 g/mol. The number of amides is 1. The lowest BCUT2D eigenvalue weighted by Crippen LogP contribution is -2.53. The summed E-state index contributed by atoms with van der Waals surface area (Å²) >= 11 is 0. The minimum absolute atomic E-state index is 0.188. The van der Waals surface area contributed by atoms with Crippen LogP contribution >= 0.6 is 0 Å². The number of anilines is 1. The predicted octanol–water partition coefficient (Wildman–Crippen LogP) is 2.03. The van der Waals surface area contributed by atoms with E-state index in [1.165, 1.54) is 13.3 Å². The monoisotopic (exact) mass is 298 g/mol. The van der Waals surface area contributed by atoms with Gasteiger partial charge >= 0.3 is 0 Å². The zero-order chi connectivity index (χ0) is 15.6. The number of hydrogen-bond donors (Lipinski definition) is 1. The van der Waals surface area contributed by atoms with Crippen molar-refractivity contribution in [3.63, 3.8) is 0 Å². The molecule has 6 nitrogen and oxygen atoms in total. The van der Waals surface area contributed by atoms with Gasteiger partial charge in [-0.2, -0.15) is 0 Å². The first-order valence-corrected chi connectivity index (χ1v) is 6.72. The Morgan fingerprint density at radius 1 is 1.32 bits per heavy atom. The summed E-state index contributed by atoms with van der Waals surface area (Å²) in [6.07, 6.45) is 2.91. The molecule has 22 heavy (non-hydrogen) atoms. The summed E-state index contributed by atoms with van der Waals surface area (Å²) in [4.78, 5) is 28.7. The van der Waals surface area contributed by atoms with Gasteiger partial charge in [-0.15, -0.1) is 0 Å². The Morgan fingerprint density at radius 2 is 2.14 bits per heavy atom. The summed E-state index contributed by atoms with van der Waals surface area (Å²) in [7, 11) is 1.34. The van der Waals surface area contributed by atoms with Crippen LogP contribution in [0.25, 0.3) is 0 Å². The lowest BCUT2D eigenvalue weighted by molar-refractivity contribution is -0.180. The second kappa shape index (κ2) is 5.57. The molecule has 1 amide bonds. The highest BCUT2D eigenvalue weighted by molar-refractivity contribution is 6.06. The third kappa shape index (κ3) is 2.44. The van der Waals surface area contributed by atoms with Gasteiger partial charge in [0.25, 0.3) is 11.7 Å². The molecule has 1 N–H and O–H groups in total. The number of hydrogen-bond acceptors (Lipinski definition) is 5. The van der Waals surface area contributed by atoms with Gasteiger partial charge in [0.1, 0.15) is 5.75 Å². The summed E-state index contributed by atoms with van der Waals surface area (Å²) in [6.45, 7) is 0. The molecule has 1 aliphatic heterocycles. The Labute approximate surface area is 127 Å². The van der Waals surface area contributed by atoms with Gasteiger partial charge in [0.05, 0.1) is 23.9 Å². The number of methoxy groups -OCH3 is 1. The maximum absolute atomic E-state index is 12.5. The molecule has 2 aromatic rings. The normalized spacial score (nSPS) is 20.0. The molecule has 0 saturated carbocycles. The summed E-state index contributed by atoms with van der Waals surface area (Å²) in [5, 5.41) is 2.65. The second-order valence-electron chi connectivity index (χ2n) is 4.85. The second-order valence-corrected chi connectivity index (χ2v) is 4.85. The van der Waals surface area contributed by atoms with E-state index in [1.807, 2.05) is 0 Å². The predicted molar refractivity (Wildman–Crippen MR) is 78.6 cm³/mol. The fraction of sp³-hybridized carbons (Fsp3) is 0.188. The summed E-state index contributed by atoms with van der Waals surface area (Å²) < 4.78 is 11.0. The maximum Gasteiger partial charge on any atom is 0.298 e. The van der Waals surface area contributed by atoms with E-state index in [4.69, 9.17) is 9.47 Å². The number of fused-ring (bicyclic) bond motifs is 1. The van der Waals surface area contributed by atoms with Crippen molar-refractivity contribution in [3.05, 3.63) is 54.4 Å². The standard InChI is InChI=1S/C16H14N2O4/c1-21-16(15(20)18-11-5-4-8-17-10-11)9-13(19)12-6-2-3-7-14(12)22-16/h2-8,10H,9H2,1H3,(H,18,20). The van der Waals surface area contributed by atoms with Crippen molar-refractivity contribution in [2.45, 2.75) is 12.2 Å². The van der Waals surface area contributed by atoms with Crippen molar-refractivity contribution < 1.29 is 19.1 Å². The Bertz CT molecular complexity index is 717. The van der Waals surface area contributed by atoms with E-state index in [9.17, 15) is 9.59 Å². The Hall–Kier alpha value is -2.73. The van der Waals surface area contributed by atoms with Gasteiger partial charge in [-0.1, -0.05) is 12.1 Å². The van der Waals surface area contributed by atoms with Crippen LogP contribution in [-0.4, -0.2) is 29.6 Å². The number of nitrogens with one attached hydrogen (secondary N) is 1. The molecule has 3 rings (SSSR count). The van der Waals surface area contributed by atoms with Gasteiger partial charge in [-0.05, 0) is 24.3 Å². The largest absolute Gasteiger partial charge is 0.452 e. The first-order valence-electron chi connectivity index (χ1n) is 6.72.